The fourth-order valence-corrected chi connectivity index (χ4v) is 1.21. The average Bonchev–Trinajstić information content (AvgIpc) is 2.32. The number of rotatable bonds is 1. The van der Waals surface area contributed by atoms with E-state index in [4.69, 9.17) is 11.0 Å². The van der Waals surface area contributed by atoms with Crippen molar-refractivity contribution in [1.82, 2.24) is 15.0 Å². The van der Waals surface area contributed by atoms with Crippen molar-refractivity contribution in [3.8, 4) is 17.3 Å². The molecule has 5 nitrogen and oxygen atoms in total. The molecule has 0 aliphatic rings. The van der Waals surface area contributed by atoms with Crippen LogP contribution in [-0.4, -0.2) is 15.0 Å². The molecular formula is C10H6FN5. The minimum Gasteiger partial charge on any atom is -0.368 e. The fraction of sp³-hybridized carbons (Fsp3) is 0. The van der Waals surface area contributed by atoms with Crippen LogP contribution in [0.1, 0.15) is 5.56 Å². The number of hydrogen-bond donors (Lipinski definition) is 1. The van der Waals surface area contributed by atoms with E-state index >= 15 is 0 Å². The van der Waals surface area contributed by atoms with Crippen LogP contribution in [0.15, 0.2) is 24.7 Å². The SMILES string of the molecule is N#Cc1cncc(-c2nc(N)ncc2F)c1. The van der Waals surface area contributed by atoms with Gasteiger partial charge < -0.3 is 5.73 Å². The number of halogens is 1. The summed E-state index contributed by atoms with van der Waals surface area (Å²) in [6.07, 6.45) is 3.77. The lowest BCUT2D eigenvalue weighted by Crippen LogP contribution is -1.99. The smallest absolute Gasteiger partial charge is 0.220 e. The molecule has 2 aromatic rings. The third kappa shape index (κ3) is 1.79. The topological polar surface area (TPSA) is 88.5 Å². The number of anilines is 1. The zero-order chi connectivity index (χ0) is 11.5. The third-order valence-corrected chi connectivity index (χ3v) is 1.90. The Bertz CT molecular complexity index is 576. The molecule has 6 heteroatoms. The van der Waals surface area contributed by atoms with E-state index in [1.807, 2.05) is 6.07 Å². The predicted molar refractivity (Wildman–Crippen MR) is 54.3 cm³/mol. The Kier molecular flexibility index (Phi) is 2.44. The van der Waals surface area contributed by atoms with Crippen LogP contribution < -0.4 is 5.73 Å². The molecular weight excluding hydrogens is 209 g/mol. The molecule has 0 radical (unpaired) electrons. The Labute approximate surface area is 90.4 Å². The number of nitrogens with two attached hydrogens (primary N) is 1. The maximum Gasteiger partial charge on any atom is 0.220 e. The van der Waals surface area contributed by atoms with E-state index in [0.717, 1.165) is 6.20 Å². The van der Waals surface area contributed by atoms with Crippen molar-refractivity contribution < 1.29 is 4.39 Å². The molecule has 2 aromatic heterocycles. The normalized spacial score (nSPS) is 9.75. The highest BCUT2D eigenvalue weighted by atomic mass is 19.1. The second-order valence-corrected chi connectivity index (χ2v) is 3.00. The standard InChI is InChI=1S/C10H6FN5/c11-8-5-15-10(13)16-9(8)7-1-6(2-12)3-14-4-7/h1,3-5H,(H2,13,15,16). The number of nitrogen functional groups attached to an aromatic ring is 1. The lowest BCUT2D eigenvalue weighted by molar-refractivity contribution is 0.619. The summed E-state index contributed by atoms with van der Waals surface area (Å²) >= 11 is 0. The first-order valence-corrected chi connectivity index (χ1v) is 4.34. The van der Waals surface area contributed by atoms with E-state index in [1.165, 1.54) is 18.5 Å². The quantitative estimate of drug-likeness (QED) is 0.770. The van der Waals surface area contributed by atoms with Crippen LogP contribution in [0.5, 0.6) is 0 Å². The molecule has 0 aliphatic heterocycles. The van der Waals surface area contributed by atoms with Crippen molar-refractivity contribution in [3.63, 3.8) is 0 Å². The monoisotopic (exact) mass is 215 g/mol. The van der Waals surface area contributed by atoms with Gasteiger partial charge in [-0.15, -0.1) is 0 Å². The van der Waals surface area contributed by atoms with Crippen molar-refractivity contribution in [2.45, 2.75) is 0 Å². The van der Waals surface area contributed by atoms with E-state index in [0.29, 0.717) is 11.1 Å². The van der Waals surface area contributed by atoms with Gasteiger partial charge >= 0.3 is 0 Å². The lowest BCUT2D eigenvalue weighted by Gasteiger charge is -2.02. The van der Waals surface area contributed by atoms with Crippen molar-refractivity contribution >= 4 is 5.95 Å². The van der Waals surface area contributed by atoms with E-state index in [1.54, 1.807) is 0 Å². The van der Waals surface area contributed by atoms with Gasteiger partial charge in [-0.05, 0) is 6.07 Å². The van der Waals surface area contributed by atoms with Gasteiger partial charge in [-0.1, -0.05) is 0 Å². The van der Waals surface area contributed by atoms with Crippen LogP contribution in [0, 0.1) is 17.1 Å². The van der Waals surface area contributed by atoms with Crippen molar-refractivity contribution in [3.05, 3.63) is 36.0 Å². The van der Waals surface area contributed by atoms with Crippen molar-refractivity contribution in [1.29, 1.82) is 5.26 Å². The molecule has 0 saturated carbocycles. The molecule has 0 atom stereocenters. The number of pyridine rings is 1. The minimum atomic E-state index is -0.605. The Morgan fingerprint density at radius 2 is 2.12 bits per heavy atom. The summed E-state index contributed by atoms with van der Waals surface area (Å²) < 4.78 is 13.4. The lowest BCUT2D eigenvalue weighted by atomic mass is 10.1. The molecule has 78 valence electrons. The van der Waals surface area contributed by atoms with Gasteiger partial charge in [0.2, 0.25) is 5.95 Å². The van der Waals surface area contributed by atoms with Gasteiger partial charge in [0.05, 0.1) is 11.8 Å². The summed E-state index contributed by atoms with van der Waals surface area (Å²) in [5.74, 6) is -0.634. The highest BCUT2D eigenvalue weighted by Gasteiger charge is 2.09. The summed E-state index contributed by atoms with van der Waals surface area (Å²) in [6.45, 7) is 0. The minimum absolute atomic E-state index is 0.0289. The highest BCUT2D eigenvalue weighted by Crippen LogP contribution is 2.20. The average molecular weight is 215 g/mol. The van der Waals surface area contributed by atoms with Crippen molar-refractivity contribution in [2.75, 3.05) is 5.73 Å². The number of hydrogen-bond acceptors (Lipinski definition) is 5. The number of aromatic nitrogens is 3. The molecule has 0 aliphatic carbocycles. The Balaban J connectivity index is 2.58. The summed E-state index contributed by atoms with van der Waals surface area (Å²) in [7, 11) is 0. The van der Waals surface area contributed by atoms with Gasteiger partial charge in [-0.3, -0.25) is 4.98 Å². The molecule has 0 saturated heterocycles. The fourth-order valence-electron chi connectivity index (χ4n) is 1.21. The van der Waals surface area contributed by atoms with Crippen molar-refractivity contribution in [2.24, 2.45) is 0 Å². The second-order valence-electron chi connectivity index (χ2n) is 3.00. The molecule has 0 amide bonds. The maximum absolute atomic E-state index is 13.4. The molecule has 2 rings (SSSR count). The molecule has 2 heterocycles. The van der Waals surface area contributed by atoms with Gasteiger partial charge in [0, 0.05) is 18.0 Å². The van der Waals surface area contributed by atoms with Crippen LogP contribution in [-0.2, 0) is 0 Å². The largest absolute Gasteiger partial charge is 0.368 e. The zero-order valence-corrected chi connectivity index (χ0v) is 8.05. The Morgan fingerprint density at radius 3 is 2.88 bits per heavy atom. The van der Waals surface area contributed by atoms with E-state index in [-0.39, 0.29) is 11.6 Å². The van der Waals surface area contributed by atoms with Crippen LogP contribution in [0.3, 0.4) is 0 Å². The summed E-state index contributed by atoms with van der Waals surface area (Å²) in [4.78, 5) is 11.1. The summed E-state index contributed by atoms with van der Waals surface area (Å²) in [5, 5.41) is 8.69. The molecule has 0 spiro atoms. The van der Waals surface area contributed by atoms with Crippen LogP contribution >= 0.6 is 0 Å². The van der Waals surface area contributed by atoms with E-state index < -0.39 is 5.82 Å². The maximum atomic E-state index is 13.4. The predicted octanol–water partition coefficient (Wildman–Crippen LogP) is 1.13. The summed E-state index contributed by atoms with van der Waals surface area (Å²) in [6, 6.07) is 3.40. The Morgan fingerprint density at radius 1 is 1.31 bits per heavy atom. The van der Waals surface area contributed by atoms with Crippen LogP contribution in [0.2, 0.25) is 0 Å². The Hall–Kier alpha value is -2.55. The van der Waals surface area contributed by atoms with E-state index in [9.17, 15) is 4.39 Å². The van der Waals surface area contributed by atoms with Gasteiger partial charge in [0.1, 0.15) is 11.8 Å². The third-order valence-electron chi connectivity index (χ3n) is 1.90. The molecule has 2 N–H and O–H groups in total. The van der Waals surface area contributed by atoms with Gasteiger partial charge in [0.15, 0.2) is 5.82 Å². The summed E-state index contributed by atoms with van der Waals surface area (Å²) in [5.41, 5.74) is 6.12. The second kappa shape index (κ2) is 3.90. The van der Waals surface area contributed by atoms with E-state index in [2.05, 4.69) is 15.0 Å². The molecule has 0 bridgehead atoms. The molecule has 0 fully saturated rings. The first-order chi connectivity index (χ1) is 7.70. The van der Waals surface area contributed by atoms with Gasteiger partial charge in [0.25, 0.3) is 0 Å². The zero-order valence-electron chi connectivity index (χ0n) is 8.05. The van der Waals surface area contributed by atoms with Crippen LogP contribution in [0.25, 0.3) is 11.3 Å². The first-order valence-electron chi connectivity index (χ1n) is 4.34. The highest BCUT2D eigenvalue weighted by molar-refractivity contribution is 5.61. The first kappa shape index (κ1) is 9.98. The van der Waals surface area contributed by atoms with Gasteiger partial charge in [-0.2, -0.15) is 5.26 Å². The van der Waals surface area contributed by atoms with Crippen LogP contribution in [0.4, 0.5) is 10.3 Å². The molecule has 0 unspecified atom stereocenters. The number of nitrogens with zero attached hydrogens (tertiary/aromatic N) is 4. The molecule has 16 heavy (non-hydrogen) atoms. The number of nitriles is 1. The molecule has 0 aromatic carbocycles. The van der Waals surface area contributed by atoms with Gasteiger partial charge in [-0.25, -0.2) is 14.4 Å².